The van der Waals surface area contributed by atoms with Crippen molar-refractivity contribution >= 4 is 11.6 Å². The van der Waals surface area contributed by atoms with Gasteiger partial charge in [-0.3, -0.25) is 4.79 Å². The SMILES string of the molecule is CC1(C)Cc2ccccc2N1CC(=O)NC1CCC2(CC1)OCCO2. The number of nitrogens with one attached hydrogen (secondary N) is 1. The number of carbonyl (C=O) groups excluding carboxylic acids is 1. The van der Waals surface area contributed by atoms with Gasteiger partial charge in [-0.15, -0.1) is 0 Å². The third-order valence-electron chi connectivity index (χ3n) is 5.86. The average molecular weight is 344 g/mol. The summed E-state index contributed by atoms with van der Waals surface area (Å²) in [5.74, 6) is -0.254. The van der Waals surface area contributed by atoms with Gasteiger partial charge in [-0.25, -0.2) is 0 Å². The van der Waals surface area contributed by atoms with Gasteiger partial charge in [0.2, 0.25) is 5.91 Å². The molecular weight excluding hydrogens is 316 g/mol. The number of carbonyl (C=O) groups is 1. The van der Waals surface area contributed by atoms with E-state index in [1.54, 1.807) is 0 Å². The Balaban J connectivity index is 1.35. The molecule has 1 spiro atoms. The summed E-state index contributed by atoms with van der Waals surface area (Å²) in [7, 11) is 0. The molecule has 1 amide bonds. The second-order valence-corrected chi connectivity index (χ2v) is 8.15. The number of ether oxygens (including phenoxy) is 2. The number of anilines is 1. The average Bonchev–Trinajstić information content (AvgIpc) is 3.13. The van der Waals surface area contributed by atoms with E-state index in [4.69, 9.17) is 9.47 Å². The summed E-state index contributed by atoms with van der Waals surface area (Å²) in [6, 6.07) is 8.64. The maximum Gasteiger partial charge on any atom is 0.239 e. The smallest absolute Gasteiger partial charge is 0.239 e. The first-order chi connectivity index (χ1) is 12.0. The first-order valence-electron chi connectivity index (χ1n) is 9.40. The predicted molar refractivity (Wildman–Crippen MR) is 96.6 cm³/mol. The van der Waals surface area contributed by atoms with E-state index in [0.717, 1.165) is 32.1 Å². The molecule has 0 unspecified atom stereocenters. The van der Waals surface area contributed by atoms with E-state index in [-0.39, 0.29) is 23.3 Å². The zero-order chi connectivity index (χ0) is 17.5. The maximum absolute atomic E-state index is 12.7. The van der Waals surface area contributed by atoms with Crippen LogP contribution in [0.1, 0.15) is 45.1 Å². The van der Waals surface area contributed by atoms with Crippen LogP contribution in [0, 0.1) is 0 Å². The van der Waals surface area contributed by atoms with Crippen LogP contribution in [0.4, 0.5) is 5.69 Å². The second-order valence-electron chi connectivity index (χ2n) is 8.15. The van der Waals surface area contributed by atoms with Gasteiger partial charge in [0.1, 0.15) is 0 Å². The van der Waals surface area contributed by atoms with Crippen molar-refractivity contribution in [1.82, 2.24) is 5.32 Å². The first-order valence-corrected chi connectivity index (χ1v) is 9.40. The van der Waals surface area contributed by atoms with Crippen LogP contribution in [0.25, 0.3) is 0 Å². The second kappa shape index (κ2) is 6.29. The molecule has 2 heterocycles. The van der Waals surface area contributed by atoms with Crippen molar-refractivity contribution < 1.29 is 14.3 Å². The number of rotatable bonds is 3. The van der Waals surface area contributed by atoms with Gasteiger partial charge in [0.25, 0.3) is 0 Å². The third-order valence-corrected chi connectivity index (χ3v) is 5.86. The Labute approximate surface area is 149 Å². The molecule has 5 heteroatoms. The zero-order valence-electron chi connectivity index (χ0n) is 15.2. The molecule has 1 saturated heterocycles. The molecule has 0 radical (unpaired) electrons. The minimum Gasteiger partial charge on any atom is -0.357 e. The topological polar surface area (TPSA) is 50.8 Å². The Kier molecular flexibility index (Phi) is 4.24. The minimum atomic E-state index is -0.364. The van der Waals surface area contributed by atoms with E-state index in [9.17, 15) is 4.79 Å². The molecule has 3 aliphatic rings. The number of hydrogen-bond acceptors (Lipinski definition) is 4. The Morgan fingerprint density at radius 2 is 1.88 bits per heavy atom. The van der Waals surface area contributed by atoms with Crippen LogP contribution in [0.5, 0.6) is 0 Å². The van der Waals surface area contributed by atoms with Gasteiger partial charge >= 0.3 is 0 Å². The van der Waals surface area contributed by atoms with Crippen molar-refractivity contribution in [2.45, 2.75) is 63.3 Å². The van der Waals surface area contributed by atoms with Gasteiger partial charge in [-0.1, -0.05) is 18.2 Å². The Morgan fingerprint density at radius 1 is 1.20 bits per heavy atom. The number of para-hydroxylation sites is 1. The van der Waals surface area contributed by atoms with Crippen molar-refractivity contribution in [2.75, 3.05) is 24.7 Å². The van der Waals surface area contributed by atoms with Gasteiger partial charge in [0.05, 0.1) is 19.8 Å². The van der Waals surface area contributed by atoms with E-state index in [0.29, 0.717) is 19.8 Å². The quantitative estimate of drug-likeness (QED) is 0.916. The molecule has 4 rings (SSSR count). The number of hydrogen-bond donors (Lipinski definition) is 1. The molecule has 5 nitrogen and oxygen atoms in total. The Bertz CT molecular complexity index is 642. The van der Waals surface area contributed by atoms with Gasteiger partial charge < -0.3 is 19.7 Å². The van der Waals surface area contributed by atoms with E-state index in [2.05, 4.69) is 42.3 Å². The summed E-state index contributed by atoms with van der Waals surface area (Å²) in [5.41, 5.74) is 2.50. The molecule has 0 atom stereocenters. The van der Waals surface area contributed by atoms with Gasteiger partial charge in [0.15, 0.2) is 5.79 Å². The molecule has 1 aromatic rings. The molecule has 2 fully saturated rings. The Morgan fingerprint density at radius 3 is 2.60 bits per heavy atom. The standard InChI is InChI=1S/C20H28N2O3/c1-19(2)13-15-5-3-4-6-17(15)22(19)14-18(23)21-16-7-9-20(10-8-16)24-11-12-25-20/h3-6,16H,7-14H2,1-2H3,(H,21,23). The van der Waals surface area contributed by atoms with E-state index in [1.807, 2.05) is 6.07 Å². The molecule has 1 N–H and O–H groups in total. The van der Waals surface area contributed by atoms with Gasteiger partial charge in [-0.2, -0.15) is 0 Å². The summed E-state index contributed by atoms with van der Waals surface area (Å²) < 4.78 is 11.5. The van der Waals surface area contributed by atoms with Crippen LogP contribution in [0.3, 0.4) is 0 Å². The number of fused-ring (bicyclic) bond motifs is 1. The first kappa shape index (κ1) is 16.9. The highest BCUT2D eigenvalue weighted by Crippen LogP contribution is 2.38. The summed E-state index contributed by atoms with van der Waals surface area (Å²) in [6.45, 7) is 6.22. The summed E-state index contributed by atoms with van der Waals surface area (Å²) >= 11 is 0. The monoisotopic (exact) mass is 344 g/mol. The van der Waals surface area contributed by atoms with Gasteiger partial charge in [0, 0.05) is 30.1 Å². The van der Waals surface area contributed by atoms with Crippen molar-refractivity contribution in [3.63, 3.8) is 0 Å². The highest BCUT2D eigenvalue weighted by atomic mass is 16.7. The predicted octanol–water partition coefficient (Wildman–Crippen LogP) is 2.63. The van der Waals surface area contributed by atoms with Crippen molar-refractivity contribution in [2.24, 2.45) is 0 Å². The van der Waals surface area contributed by atoms with Crippen LogP contribution in [0.2, 0.25) is 0 Å². The number of amides is 1. The number of nitrogens with zero attached hydrogens (tertiary/aromatic N) is 1. The van der Waals surface area contributed by atoms with Crippen LogP contribution >= 0.6 is 0 Å². The van der Waals surface area contributed by atoms with Gasteiger partial charge in [-0.05, 0) is 44.7 Å². The lowest BCUT2D eigenvalue weighted by Gasteiger charge is -2.37. The minimum absolute atomic E-state index is 0.0246. The van der Waals surface area contributed by atoms with Crippen molar-refractivity contribution in [3.8, 4) is 0 Å². The fourth-order valence-corrected chi connectivity index (χ4v) is 4.51. The lowest BCUT2D eigenvalue weighted by atomic mass is 9.90. The maximum atomic E-state index is 12.7. The summed E-state index contributed by atoms with van der Waals surface area (Å²) in [6.07, 6.45) is 4.57. The lowest BCUT2D eigenvalue weighted by molar-refractivity contribution is -0.180. The molecule has 25 heavy (non-hydrogen) atoms. The molecule has 0 aromatic heterocycles. The molecule has 1 aromatic carbocycles. The Hall–Kier alpha value is -1.59. The lowest BCUT2D eigenvalue weighted by Crippen LogP contribution is -2.50. The van der Waals surface area contributed by atoms with Crippen molar-refractivity contribution in [3.05, 3.63) is 29.8 Å². The molecule has 1 aliphatic carbocycles. The number of benzene rings is 1. The summed E-state index contributed by atoms with van der Waals surface area (Å²) in [5, 5.41) is 3.23. The largest absolute Gasteiger partial charge is 0.357 e. The normalized spacial score (nSPS) is 24.5. The highest BCUT2D eigenvalue weighted by Gasteiger charge is 2.41. The molecule has 136 valence electrons. The van der Waals surface area contributed by atoms with E-state index >= 15 is 0 Å². The molecule has 2 aliphatic heterocycles. The fraction of sp³-hybridized carbons (Fsp3) is 0.650. The van der Waals surface area contributed by atoms with E-state index in [1.165, 1.54) is 11.3 Å². The third kappa shape index (κ3) is 3.27. The zero-order valence-corrected chi connectivity index (χ0v) is 15.2. The summed E-state index contributed by atoms with van der Waals surface area (Å²) in [4.78, 5) is 14.9. The highest BCUT2D eigenvalue weighted by molar-refractivity contribution is 5.83. The van der Waals surface area contributed by atoms with Crippen LogP contribution in [-0.2, 0) is 20.7 Å². The molecule has 0 bridgehead atoms. The molecular formula is C20H28N2O3. The van der Waals surface area contributed by atoms with Crippen LogP contribution in [0.15, 0.2) is 24.3 Å². The molecule has 1 saturated carbocycles. The van der Waals surface area contributed by atoms with Crippen molar-refractivity contribution in [1.29, 1.82) is 0 Å². The van der Waals surface area contributed by atoms with Crippen LogP contribution < -0.4 is 10.2 Å². The van der Waals surface area contributed by atoms with E-state index < -0.39 is 0 Å². The fourth-order valence-electron chi connectivity index (χ4n) is 4.51. The van der Waals surface area contributed by atoms with Crippen LogP contribution in [-0.4, -0.2) is 43.0 Å².